The minimum absolute atomic E-state index is 0.0158. The Morgan fingerprint density at radius 1 is 1.35 bits per heavy atom. The van der Waals surface area contributed by atoms with Gasteiger partial charge < -0.3 is 10.4 Å². The summed E-state index contributed by atoms with van der Waals surface area (Å²) in [5, 5.41) is 10.9. The molecule has 0 saturated heterocycles. The van der Waals surface area contributed by atoms with Gasteiger partial charge in [-0.25, -0.2) is 8.78 Å². The van der Waals surface area contributed by atoms with E-state index in [9.17, 15) is 18.4 Å². The lowest BCUT2D eigenvalue weighted by Crippen LogP contribution is -2.30. The molecule has 0 aliphatic heterocycles. The smallest absolute Gasteiger partial charge is 0.303 e. The molecule has 0 radical (unpaired) electrons. The second-order valence-corrected chi connectivity index (χ2v) is 5.41. The van der Waals surface area contributed by atoms with Gasteiger partial charge in [-0.2, -0.15) is 0 Å². The normalized spacial score (nSPS) is 12.0. The van der Waals surface area contributed by atoms with Crippen LogP contribution < -0.4 is 5.32 Å². The number of benzene rings is 1. The lowest BCUT2D eigenvalue weighted by atomic mass is 10.1. The Morgan fingerprint density at radius 3 is 2.40 bits per heavy atom. The van der Waals surface area contributed by atoms with Crippen LogP contribution in [0, 0.1) is 17.6 Å². The van der Waals surface area contributed by atoms with Gasteiger partial charge in [0.05, 0.1) is 0 Å². The van der Waals surface area contributed by atoms with Crippen molar-refractivity contribution in [1.82, 2.24) is 5.32 Å². The van der Waals surface area contributed by atoms with Crippen LogP contribution in [0.5, 0.6) is 0 Å². The minimum Gasteiger partial charge on any atom is -0.481 e. The molecule has 0 aliphatic rings. The summed E-state index contributed by atoms with van der Waals surface area (Å²) in [6.45, 7) is 1.90. The third-order valence-corrected chi connectivity index (χ3v) is 3.15. The van der Waals surface area contributed by atoms with Gasteiger partial charge in [0.25, 0.3) is 5.91 Å². The summed E-state index contributed by atoms with van der Waals surface area (Å²) >= 11 is 2.93. The highest BCUT2D eigenvalue weighted by Gasteiger charge is 2.18. The van der Waals surface area contributed by atoms with E-state index in [0.717, 1.165) is 12.1 Å². The van der Waals surface area contributed by atoms with E-state index in [-0.39, 0.29) is 23.4 Å². The molecular weight excluding hydrogens is 336 g/mol. The molecule has 7 heteroatoms. The van der Waals surface area contributed by atoms with Crippen LogP contribution in [0.3, 0.4) is 0 Å². The first-order chi connectivity index (χ1) is 9.31. The Balaban J connectivity index is 2.62. The molecule has 0 fully saturated rings. The predicted molar refractivity (Wildman–Crippen MR) is 72.4 cm³/mol. The number of rotatable bonds is 6. The molecule has 0 heterocycles. The van der Waals surface area contributed by atoms with Gasteiger partial charge in [0.1, 0.15) is 17.2 Å². The fraction of sp³-hybridized carbons (Fsp3) is 0.385. The fourth-order valence-electron chi connectivity index (χ4n) is 1.59. The molecule has 0 bridgehead atoms. The SMILES string of the molecule is CC(CCC(=O)O)CNC(=O)c1c(F)cc(Br)cc1F. The third kappa shape index (κ3) is 4.88. The van der Waals surface area contributed by atoms with Gasteiger partial charge in [0, 0.05) is 17.4 Å². The Hall–Kier alpha value is -1.50. The number of carboxylic acid groups (broad SMARTS) is 1. The Bertz CT molecular complexity index is 499. The number of amides is 1. The molecule has 1 rings (SSSR count). The molecule has 0 spiro atoms. The predicted octanol–water partition coefficient (Wildman–Crippen LogP) is 2.96. The van der Waals surface area contributed by atoms with E-state index in [2.05, 4.69) is 21.2 Å². The average molecular weight is 350 g/mol. The van der Waals surface area contributed by atoms with Crippen molar-refractivity contribution in [2.24, 2.45) is 5.92 Å². The molecule has 0 saturated carbocycles. The van der Waals surface area contributed by atoms with Crippen molar-refractivity contribution in [3.63, 3.8) is 0 Å². The van der Waals surface area contributed by atoms with E-state index >= 15 is 0 Å². The summed E-state index contributed by atoms with van der Waals surface area (Å²) < 4.78 is 27.3. The van der Waals surface area contributed by atoms with E-state index in [1.807, 2.05) is 0 Å². The van der Waals surface area contributed by atoms with Crippen LogP contribution in [-0.4, -0.2) is 23.5 Å². The Morgan fingerprint density at radius 2 is 1.90 bits per heavy atom. The second kappa shape index (κ2) is 7.33. The molecule has 1 atom stereocenters. The molecule has 4 nitrogen and oxygen atoms in total. The summed E-state index contributed by atoms with van der Waals surface area (Å²) in [7, 11) is 0. The monoisotopic (exact) mass is 349 g/mol. The Kier molecular flexibility index (Phi) is 6.06. The van der Waals surface area contributed by atoms with Crippen LogP contribution >= 0.6 is 15.9 Å². The lowest BCUT2D eigenvalue weighted by Gasteiger charge is -2.12. The van der Waals surface area contributed by atoms with E-state index in [1.54, 1.807) is 6.92 Å². The number of halogens is 3. The highest BCUT2D eigenvalue weighted by Crippen LogP contribution is 2.19. The zero-order valence-corrected chi connectivity index (χ0v) is 12.3. The summed E-state index contributed by atoms with van der Waals surface area (Å²) in [4.78, 5) is 22.1. The number of carboxylic acids is 1. The number of hydrogen-bond acceptors (Lipinski definition) is 2. The van der Waals surface area contributed by atoms with Crippen molar-refractivity contribution < 1.29 is 23.5 Å². The van der Waals surface area contributed by atoms with Crippen LogP contribution in [0.4, 0.5) is 8.78 Å². The van der Waals surface area contributed by atoms with Crippen molar-refractivity contribution >= 4 is 27.8 Å². The maximum atomic E-state index is 13.5. The van der Waals surface area contributed by atoms with Gasteiger partial charge in [-0.05, 0) is 24.5 Å². The van der Waals surface area contributed by atoms with Crippen LogP contribution in [0.2, 0.25) is 0 Å². The van der Waals surface area contributed by atoms with Crippen molar-refractivity contribution in [3.8, 4) is 0 Å². The molecule has 1 amide bonds. The second-order valence-electron chi connectivity index (χ2n) is 4.49. The first kappa shape index (κ1) is 16.6. The van der Waals surface area contributed by atoms with E-state index in [0.29, 0.717) is 6.42 Å². The highest BCUT2D eigenvalue weighted by molar-refractivity contribution is 9.10. The van der Waals surface area contributed by atoms with Gasteiger partial charge in [0.2, 0.25) is 0 Å². The third-order valence-electron chi connectivity index (χ3n) is 2.70. The Labute approximate surface area is 123 Å². The first-order valence-corrected chi connectivity index (χ1v) is 6.75. The molecule has 1 unspecified atom stereocenters. The molecular formula is C13H14BrF2NO3. The molecule has 110 valence electrons. The van der Waals surface area contributed by atoms with Crippen molar-refractivity contribution in [2.75, 3.05) is 6.54 Å². The topological polar surface area (TPSA) is 66.4 Å². The van der Waals surface area contributed by atoms with Crippen molar-refractivity contribution in [2.45, 2.75) is 19.8 Å². The maximum absolute atomic E-state index is 13.5. The first-order valence-electron chi connectivity index (χ1n) is 5.95. The minimum atomic E-state index is -0.951. The van der Waals surface area contributed by atoms with Crippen LogP contribution in [0.1, 0.15) is 30.1 Å². The summed E-state index contributed by atoms with van der Waals surface area (Å²) in [6.07, 6.45) is 0.360. The standard InChI is InChI=1S/C13H14BrF2NO3/c1-7(2-3-11(18)19)6-17-13(20)12-9(15)4-8(14)5-10(12)16/h4-5,7H,2-3,6H2,1H3,(H,17,20)(H,18,19). The summed E-state index contributed by atoms with van der Waals surface area (Å²) in [5.41, 5.74) is -0.640. The van der Waals surface area contributed by atoms with Gasteiger partial charge in [0.15, 0.2) is 0 Å². The van der Waals surface area contributed by atoms with Crippen LogP contribution in [0.25, 0.3) is 0 Å². The molecule has 1 aromatic rings. The fourth-order valence-corrected chi connectivity index (χ4v) is 1.99. The number of aliphatic carboxylic acids is 1. The molecule has 2 N–H and O–H groups in total. The van der Waals surface area contributed by atoms with Crippen LogP contribution in [-0.2, 0) is 4.79 Å². The molecule has 20 heavy (non-hydrogen) atoms. The number of nitrogens with one attached hydrogen (secondary N) is 1. The van der Waals surface area contributed by atoms with E-state index in [4.69, 9.17) is 5.11 Å². The quantitative estimate of drug-likeness (QED) is 0.829. The highest BCUT2D eigenvalue weighted by atomic mass is 79.9. The molecule has 0 aliphatic carbocycles. The zero-order valence-electron chi connectivity index (χ0n) is 10.8. The van der Waals surface area contributed by atoms with Gasteiger partial charge >= 0.3 is 5.97 Å². The number of carbonyl (C=O) groups excluding carboxylic acids is 1. The van der Waals surface area contributed by atoms with Crippen molar-refractivity contribution in [1.29, 1.82) is 0 Å². The maximum Gasteiger partial charge on any atom is 0.303 e. The molecule has 0 aromatic heterocycles. The number of carbonyl (C=O) groups is 2. The zero-order chi connectivity index (χ0) is 15.3. The number of hydrogen-bond donors (Lipinski definition) is 2. The largest absolute Gasteiger partial charge is 0.481 e. The average Bonchev–Trinajstić information content (AvgIpc) is 2.32. The van der Waals surface area contributed by atoms with E-state index in [1.165, 1.54) is 0 Å². The van der Waals surface area contributed by atoms with E-state index < -0.39 is 29.1 Å². The van der Waals surface area contributed by atoms with Gasteiger partial charge in [-0.15, -0.1) is 0 Å². The van der Waals surface area contributed by atoms with Crippen molar-refractivity contribution in [3.05, 3.63) is 33.8 Å². The summed E-state index contributed by atoms with van der Waals surface area (Å²) in [6, 6.07) is 2.01. The van der Waals surface area contributed by atoms with Crippen LogP contribution in [0.15, 0.2) is 16.6 Å². The lowest BCUT2D eigenvalue weighted by molar-refractivity contribution is -0.137. The summed E-state index contributed by atoms with van der Waals surface area (Å²) in [5.74, 6) is -3.78. The van der Waals surface area contributed by atoms with Gasteiger partial charge in [-0.3, -0.25) is 9.59 Å². The molecule has 1 aromatic carbocycles. The van der Waals surface area contributed by atoms with Gasteiger partial charge in [-0.1, -0.05) is 22.9 Å².